The first-order valence-corrected chi connectivity index (χ1v) is 17.6. The molecule has 236 valence electrons. The van der Waals surface area contributed by atoms with Crippen LogP contribution in [-0.2, 0) is 14.3 Å². The predicted octanol–water partition coefficient (Wildman–Crippen LogP) is 11.7. The van der Waals surface area contributed by atoms with Crippen molar-refractivity contribution >= 4 is 11.9 Å². The number of aliphatic carboxylic acids is 1. The molecule has 0 saturated heterocycles. The zero-order valence-corrected chi connectivity index (χ0v) is 26.9. The maximum absolute atomic E-state index is 11.7. The Balaban J connectivity index is 3.32. The molecular weight excluding hydrogens is 496 g/mol. The second-order valence-corrected chi connectivity index (χ2v) is 12.1. The molecule has 0 aromatic carbocycles. The van der Waals surface area contributed by atoms with Gasteiger partial charge in [-0.15, -0.1) is 0 Å². The van der Waals surface area contributed by atoms with Crippen LogP contribution in [0.25, 0.3) is 0 Å². The number of carbonyl (C=O) groups is 2. The number of esters is 1. The van der Waals surface area contributed by atoms with Crippen LogP contribution in [0.2, 0.25) is 0 Å². The molecule has 0 radical (unpaired) electrons. The van der Waals surface area contributed by atoms with Gasteiger partial charge >= 0.3 is 11.9 Å². The number of hydrogen-bond acceptors (Lipinski definition) is 3. The first kappa shape index (κ1) is 38.7. The molecule has 0 aliphatic rings. The Morgan fingerprint density at radius 3 is 1.30 bits per heavy atom. The van der Waals surface area contributed by atoms with Gasteiger partial charge in [-0.1, -0.05) is 161 Å². The van der Waals surface area contributed by atoms with Crippen LogP contribution < -0.4 is 0 Å². The molecule has 0 rings (SSSR count). The third-order valence-corrected chi connectivity index (χ3v) is 8.04. The number of unbranched alkanes of at least 4 members (excludes halogenated alkanes) is 23. The van der Waals surface area contributed by atoms with Gasteiger partial charge in [-0.3, -0.25) is 9.59 Å². The van der Waals surface area contributed by atoms with E-state index in [-0.39, 0.29) is 12.4 Å². The molecule has 0 saturated carbocycles. The topological polar surface area (TPSA) is 63.6 Å². The molecule has 1 unspecified atom stereocenters. The van der Waals surface area contributed by atoms with Crippen LogP contribution >= 0.6 is 0 Å². The van der Waals surface area contributed by atoms with Gasteiger partial charge < -0.3 is 9.84 Å². The number of carboxylic acids is 1. The quantitative estimate of drug-likeness (QED) is 0.0501. The Morgan fingerprint density at radius 2 is 0.925 bits per heavy atom. The fraction of sp³-hybridized carbons (Fsp3) is 0.889. The number of carboxylic acid groups (broad SMARTS) is 1. The number of rotatable bonds is 32. The average Bonchev–Trinajstić information content (AvgIpc) is 2.94. The molecule has 0 spiro atoms. The predicted molar refractivity (Wildman–Crippen MR) is 172 cm³/mol. The summed E-state index contributed by atoms with van der Waals surface area (Å²) in [4.78, 5) is 23.0. The van der Waals surface area contributed by atoms with E-state index < -0.39 is 11.9 Å². The lowest BCUT2D eigenvalue weighted by molar-refractivity contribution is -0.151. The van der Waals surface area contributed by atoms with Crippen LogP contribution in [0.15, 0.2) is 12.2 Å². The lowest BCUT2D eigenvalue weighted by Gasteiger charge is -2.11. The average molecular weight is 565 g/mol. The van der Waals surface area contributed by atoms with E-state index in [9.17, 15) is 14.7 Å². The number of carbonyl (C=O) groups excluding carboxylic acids is 1. The third kappa shape index (κ3) is 29.7. The van der Waals surface area contributed by atoms with Gasteiger partial charge in [0.2, 0.25) is 0 Å². The first-order chi connectivity index (χ1) is 19.6. The van der Waals surface area contributed by atoms with Crippen molar-refractivity contribution in [1.29, 1.82) is 0 Å². The van der Waals surface area contributed by atoms with E-state index in [4.69, 9.17) is 4.74 Å². The molecule has 0 aromatic rings. The van der Waals surface area contributed by atoms with Gasteiger partial charge in [0.25, 0.3) is 0 Å². The summed E-state index contributed by atoms with van der Waals surface area (Å²) in [5, 5.41) is 9.32. The van der Waals surface area contributed by atoms with E-state index in [2.05, 4.69) is 19.1 Å². The summed E-state index contributed by atoms with van der Waals surface area (Å²) in [7, 11) is 0. The van der Waals surface area contributed by atoms with Crippen molar-refractivity contribution in [2.45, 2.75) is 194 Å². The lowest BCUT2D eigenvalue weighted by Crippen LogP contribution is -2.19. The molecule has 0 aromatic heterocycles. The largest absolute Gasteiger partial charge is 0.481 e. The summed E-state index contributed by atoms with van der Waals surface area (Å²) >= 11 is 0. The summed E-state index contributed by atoms with van der Waals surface area (Å²) in [6.45, 7) is 4.59. The summed E-state index contributed by atoms with van der Waals surface area (Å²) in [6, 6.07) is 0. The highest BCUT2D eigenvalue weighted by Gasteiger charge is 2.21. The zero-order valence-electron chi connectivity index (χ0n) is 26.9. The Hall–Kier alpha value is -1.32. The molecule has 0 aliphatic heterocycles. The molecule has 0 bridgehead atoms. The van der Waals surface area contributed by atoms with E-state index in [1.165, 1.54) is 135 Å². The van der Waals surface area contributed by atoms with Crippen molar-refractivity contribution < 1.29 is 19.4 Å². The lowest BCUT2D eigenvalue weighted by atomic mass is 9.98. The fourth-order valence-corrected chi connectivity index (χ4v) is 5.37. The minimum Gasteiger partial charge on any atom is -0.481 e. The van der Waals surface area contributed by atoms with Crippen LogP contribution in [0, 0.1) is 5.92 Å². The van der Waals surface area contributed by atoms with Crippen molar-refractivity contribution in [3.8, 4) is 0 Å². The molecule has 0 fully saturated rings. The zero-order chi connectivity index (χ0) is 29.4. The van der Waals surface area contributed by atoms with Crippen molar-refractivity contribution in [2.24, 2.45) is 5.92 Å². The summed E-state index contributed by atoms with van der Waals surface area (Å²) < 4.78 is 5.02. The minimum absolute atomic E-state index is 0.00928. The van der Waals surface area contributed by atoms with Gasteiger partial charge in [0, 0.05) is 0 Å². The first-order valence-electron chi connectivity index (χ1n) is 17.6. The van der Waals surface area contributed by atoms with Crippen LogP contribution in [0.3, 0.4) is 0 Å². The second kappa shape index (κ2) is 32.2. The standard InChI is InChI=1S/C36H68O4/c1-3-5-6-7-8-9-10-11-12-13-14-15-16-17-18-19-20-21-22-23-24-25-26-27-28-29-30-31-34(36(38)39)33-35(37)40-32-4-2/h26-27,34H,3-25,28-33H2,1-2H3,(H,38,39)/b27-26+. The number of hydrogen-bond donors (Lipinski definition) is 1. The molecule has 0 amide bonds. The second-order valence-electron chi connectivity index (χ2n) is 12.1. The maximum atomic E-state index is 11.7. The van der Waals surface area contributed by atoms with Gasteiger partial charge in [-0.25, -0.2) is 0 Å². The Morgan fingerprint density at radius 1 is 0.550 bits per heavy atom. The third-order valence-electron chi connectivity index (χ3n) is 8.04. The van der Waals surface area contributed by atoms with E-state index in [1.54, 1.807) is 0 Å². The Labute approximate surface area is 249 Å². The summed E-state index contributed by atoms with van der Waals surface area (Å²) in [5.74, 6) is -1.90. The molecule has 40 heavy (non-hydrogen) atoms. The SMILES string of the molecule is CCCCCCCCCCCCCCCCCCCCCCC/C=C/CCCCC(CC(=O)OCCC)C(=O)O. The molecule has 4 heteroatoms. The van der Waals surface area contributed by atoms with Crippen LogP contribution in [-0.4, -0.2) is 23.7 Å². The van der Waals surface area contributed by atoms with Gasteiger partial charge in [0.05, 0.1) is 18.9 Å². The van der Waals surface area contributed by atoms with Crippen LogP contribution in [0.1, 0.15) is 194 Å². The van der Waals surface area contributed by atoms with Gasteiger partial charge in [-0.2, -0.15) is 0 Å². The van der Waals surface area contributed by atoms with Crippen molar-refractivity contribution in [3.63, 3.8) is 0 Å². The van der Waals surface area contributed by atoms with E-state index in [0.29, 0.717) is 13.0 Å². The number of ether oxygens (including phenoxy) is 1. The minimum atomic E-state index is -0.890. The summed E-state index contributed by atoms with van der Waals surface area (Å²) in [6.07, 6.45) is 39.6. The summed E-state index contributed by atoms with van der Waals surface area (Å²) in [5.41, 5.74) is 0. The highest BCUT2D eigenvalue weighted by Crippen LogP contribution is 2.17. The fourth-order valence-electron chi connectivity index (χ4n) is 5.37. The van der Waals surface area contributed by atoms with E-state index in [0.717, 1.165) is 32.1 Å². The van der Waals surface area contributed by atoms with Crippen molar-refractivity contribution in [2.75, 3.05) is 6.61 Å². The molecule has 0 aliphatic carbocycles. The molecular formula is C36H68O4. The highest BCUT2D eigenvalue weighted by molar-refractivity contribution is 5.78. The molecule has 1 N–H and O–H groups in total. The normalized spacial score (nSPS) is 12.2. The number of allylic oxidation sites excluding steroid dienone is 2. The van der Waals surface area contributed by atoms with E-state index >= 15 is 0 Å². The van der Waals surface area contributed by atoms with E-state index in [1.807, 2.05) is 6.92 Å². The molecule has 1 atom stereocenters. The Bertz CT molecular complexity index is 571. The monoisotopic (exact) mass is 565 g/mol. The Kier molecular flexibility index (Phi) is 31.1. The van der Waals surface area contributed by atoms with Crippen molar-refractivity contribution in [3.05, 3.63) is 12.2 Å². The molecule has 4 nitrogen and oxygen atoms in total. The highest BCUT2D eigenvalue weighted by atomic mass is 16.5. The van der Waals surface area contributed by atoms with Gasteiger partial charge in [0.15, 0.2) is 0 Å². The smallest absolute Gasteiger partial charge is 0.307 e. The maximum Gasteiger partial charge on any atom is 0.307 e. The van der Waals surface area contributed by atoms with Crippen LogP contribution in [0.4, 0.5) is 0 Å². The van der Waals surface area contributed by atoms with Gasteiger partial charge in [0.1, 0.15) is 0 Å². The van der Waals surface area contributed by atoms with Gasteiger partial charge in [-0.05, 0) is 38.5 Å². The van der Waals surface area contributed by atoms with Crippen LogP contribution in [0.5, 0.6) is 0 Å². The molecule has 0 heterocycles. The van der Waals surface area contributed by atoms with Crippen molar-refractivity contribution in [1.82, 2.24) is 0 Å².